The topological polar surface area (TPSA) is 65.0 Å². The van der Waals surface area contributed by atoms with Crippen molar-refractivity contribution >= 4 is 5.78 Å². The molecular weight excluding hydrogens is 452 g/mol. The third kappa shape index (κ3) is 5.04. The Hall–Kier alpha value is -3.15. The van der Waals surface area contributed by atoms with Gasteiger partial charge in [-0.1, -0.05) is 37.3 Å². The fraction of sp³-hybridized carbons (Fsp3) is 0.387. The molecule has 0 amide bonds. The van der Waals surface area contributed by atoms with Gasteiger partial charge in [-0.05, 0) is 77.6 Å². The van der Waals surface area contributed by atoms with E-state index in [-0.39, 0.29) is 29.6 Å². The van der Waals surface area contributed by atoms with Gasteiger partial charge >= 0.3 is 0 Å². The molecule has 36 heavy (non-hydrogen) atoms. The zero-order chi connectivity index (χ0) is 25.3. The molecule has 1 N–H and O–H groups in total. The number of hydrogen-bond donors (Lipinski definition) is 1. The SMILES string of the molecule is Cc1cc(OCC2(C)COC2)cc(C)c1-c1cccc(COc2ccc(C3CC(=O)C3CO)cc2)c1. The van der Waals surface area contributed by atoms with Crippen molar-refractivity contribution in [1.82, 2.24) is 0 Å². The number of ketones is 1. The molecule has 5 nitrogen and oxygen atoms in total. The van der Waals surface area contributed by atoms with Crippen molar-refractivity contribution in [3.8, 4) is 22.6 Å². The minimum atomic E-state index is -0.257. The van der Waals surface area contributed by atoms with Gasteiger partial charge in [-0.3, -0.25) is 4.79 Å². The molecule has 2 atom stereocenters. The highest BCUT2D eigenvalue weighted by molar-refractivity contribution is 5.89. The van der Waals surface area contributed by atoms with Crippen molar-refractivity contribution in [1.29, 1.82) is 0 Å². The zero-order valence-corrected chi connectivity index (χ0v) is 21.3. The van der Waals surface area contributed by atoms with Crippen molar-refractivity contribution < 1.29 is 24.1 Å². The highest BCUT2D eigenvalue weighted by Crippen LogP contribution is 2.40. The first-order valence-electron chi connectivity index (χ1n) is 12.6. The third-order valence-electron chi connectivity index (χ3n) is 7.44. The molecule has 0 aromatic heterocycles. The van der Waals surface area contributed by atoms with Gasteiger partial charge < -0.3 is 19.3 Å². The van der Waals surface area contributed by atoms with Gasteiger partial charge in [-0.15, -0.1) is 0 Å². The maximum Gasteiger partial charge on any atom is 0.139 e. The fourth-order valence-corrected chi connectivity index (χ4v) is 5.20. The smallest absolute Gasteiger partial charge is 0.139 e. The average molecular weight is 487 g/mol. The van der Waals surface area contributed by atoms with Crippen LogP contribution < -0.4 is 9.47 Å². The normalized spacial score (nSPS) is 20.4. The highest BCUT2D eigenvalue weighted by Gasteiger charge is 2.39. The van der Waals surface area contributed by atoms with Gasteiger partial charge in [0.25, 0.3) is 0 Å². The molecule has 0 spiro atoms. The molecule has 1 saturated heterocycles. The van der Waals surface area contributed by atoms with Crippen LogP contribution in [0.4, 0.5) is 0 Å². The monoisotopic (exact) mass is 486 g/mol. The molecule has 1 aliphatic heterocycles. The molecule has 5 rings (SSSR count). The van der Waals surface area contributed by atoms with Gasteiger partial charge in [0.15, 0.2) is 0 Å². The van der Waals surface area contributed by atoms with Crippen LogP contribution in [0.15, 0.2) is 60.7 Å². The van der Waals surface area contributed by atoms with Crippen LogP contribution >= 0.6 is 0 Å². The number of Topliss-reactive ketones (excluding diaryl/α,β-unsaturated/α-hetero) is 1. The van der Waals surface area contributed by atoms with Crippen LogP contribution in [0.5, 0.6) is 11.5 Å². The first-order chi connectivity index (χ1) is 17.3. The lowest BCUT2D eigenvalue weighted by Gasteiger charge is -2.37. The number of hydrogen-bond acceptors (Lipinski definition) is 5. The molecule has 1 aliphatic carbocycles. The lowest BCUT2D eigenvalue weighted by molar-refractivity contribution is -0.132. The molecular formula is C31H34O5. The van der Waals surface area contributed by atoms with E-state index in [1.165, 1.54) is 16.7 Å². The van der Waals surface area contributed by atoms with Crippen molar-refractivity contribution in [3.63, 3.8) is 0 Å². The minimum Gasteiger partial charge on any atom is -0.493 e. The van der Waals surface area contributed by atoms with Gasteiger partial charge in [0.2, 0.25) is 0 Å². The largest absolute Gasteiger partial charge is 0.493 e. The average Bonchev–Trinajstić information content (AvgIpc) is 2.84. The lowest BCUT2D eigenvalue weighted by atomic mass is 9.69. The molecule has 0 radical (unpaired) electrons. The Labute approximate surface area is 213 Å². The third-order valence-corrected chi connectivity index (χ3v) is 7.44. The van der Waals surface area contributed by atoms with Crippen molar-refractivity contribution in [2.75, 3.05) is 26.4 Å². The van der Waals surface area contributed by atoms with Crippen LogP contribution in [0, 0.1) is 25.2 Å². The number of ether oxygens (including phenoxy) is 3. The maximum atomic E-state index is 11.6. The molecule has 2 fully saturated rings. The van der Waals surface area contributed by atoms with E-state index in [1.54, 1.807) is 0 Å². The van der Waals surface area contributed by atoms with E-state index in [4.69, 9.17) is 14.2 Å². The number of aliphatic hydroxyl groups is 1. The summed E-state index contributed by atoms with van der Waals surface area (Å²) in [6.07, 6.45) is 0.512. The summed E-state index contributed by atoms with van der Waals surface area (Å²) in [6.45, 7) is 9.02. The van der Waals surface area contributed by atoms with Crippen LogP contribution in [-0.4, -0.2) is 37.3 Å². The Kier molecular flexibility index (Phi) is 6.87. The first-order valence-corrected chi connectivity index (χ1v) is 12.6. The number of carbonyl (C=O) groups excluding carboxylic acids is 1. The molecule has 3 aromatic carbocycles. The summed E-state index contributed by atoms with van der Waals surface area (Å²) >= 11 is 0. The molecule has 188 valence electrons. The van der Waals surface area contributed by atoms with Gasteiger partial charge in [0.1, 0.15) is 23.9 Å². The summed E-state index contributed by atoms with van der Waals surface area (Å²) in [5.74, 6) is 1.70. The van der Waals surface area contributed by atoms with E-state index < -0.39 is 0 Å². The van der Waals surface area contributed by atoms with E-state index in [0.717, 1.165) is 41.4 Å². The van der Waals surface area contributed by atoms with Gasteiger partial charge in [0, 0.05) is 23.7 Å². The second-order valence-electron chi connectivity index (χ2n) is 10.6. The highest BCUT2D eigenvalue weighted by atomic mass is 16.5. The summed E-state index contributed by atoms with van der Waals surface area (Å²) < 4.78 is 17.5. The molecule has 2 aliphatic rings. The minimum absolute atomic E-state index is 0.0817. The molecule has 2 unspecified atom stereocenters. The first kappa shape index (κ1) is 24.5. The summed E-state index contributed by atoms with van der Waals surface area (Å²) in [7, 11) is 0. The molecule has 1 heterocycles. The van der Waals surface area contributed by atoms with Crippen molar-refractivity contribution in [2.45, 2.75) is 39.7 Å². The quantitative estimate of drug-likeness (QED) is 0.425. The number of rotatable bonds is 9. The predicted molar refractivity (Wildman–Crippen MR) is 139 cm³/mol. The number of carbonyl (C=O) groups is 1. The Balaban J connectivity index is 1.24. The van der Waals surface area contributed by atoms with Gasteiger partial charge in [-0.2, -0.15) is 0 Å². The van der Waals surface area contributed by atoms with Gasteiger partial charge in [-0.25, -0.2) is 0 Å². The lowest BCUT2D eigenvalue weighted by Crippen LogP contribution is -2.44. The Morgan fingerprint density at radius 3 is 2.31 bits per heavy atom. The molecule has 3 aromatic rings. The van der Waals surface area contributed by atoms with Crippen LogP contribution in [0.25, 0.3) is 11.1 Å². The Morgan fingerprint density at radius 1 is 0.972 bits per heavy atom. The predicted octanol–water partition coefficient (Wildman–Crippen LogP) is 5.63. The van der Waals surface area contributed by atoms with Gasteiger partial charge in [0.05, 0.1) is 26.4 Å². The van der Waals surface area contributed by atoms with Crippen LogP contribution in [0.3, 0.4) is 0 Å². The molecule has 1 saturated carbocycles. The van der Waals surface area contributed by atoms with Crippen molar-refractivity contribution in [3.05, 3.63) is 82.9 Å². The van der Waals surface area contributed by atoms with E-state index in [1.807, 2.05) is 24.3 Å². The Morgan fingerprint density at radius 2 is 1.69 bits per heavy atom. The van der Waals surface area contributed by atoms with Crippen LogP contribution in [-0.2, 0) is 16.1 Å². The summed E-state index contributed by atoms with van der Waals surface area (Å²) in [5.41, 5.74) is 7.05. The molecule has 0 bridgehead atoms. The second-order valence-corrected chi connectivity index (χ2v) is 10.6. The van der Waals surface area contributed by atoms with E-state index in [0.29, 0.717) is 19.6 Å². The number of aryl methyl sites for hydroxylation is 2. The number of aliphatic hydroxyl groups excluding tert-OH is 1. The second kappa shape index (κ2) is 10.1. The summed E-state index contributed by atoms with van der Waals surface area (Å²) in [6, 6.07) is 20.6. The Bertz CT molecular complexity index is 1220. The zero-order valence-electron chi connectivity index (χ0n) is 21.3. The maximum absolute atomic E-state index is 11.6. The van der Waals surface area contributed by atoms with E-state index in [2.05, 4.69) is 57.2 Å². The van der Waals surface area contributed by atoms with E-state index in [9.17, 15) is 9.90 Å². The molecule has 5 heteroatoms. The summed E-state index contributed by atoms with van der Waals surface area (Å²) in [4.78, 5) is 11.6. The summed E-state index contributed by atoms with van der Waals surface area (Å²) in [5, 5.41) is 9.41. The standard InChI is InChI=1S/C31H34O5/c1-20-11-26(36-19-31(3)17-34-18-31)12-21(2)30(20)24-6-4-5-22(13-24)16-35-25-9-7-23(8-10-25)27-14-29(33)28(27)15-32/h4-13,27-28,32H,14-19H2,1-3H3. The van der Waals surface area contributed by atoms with Crippen LogP contribution in [0.1, 0.15) is 41.5 Å². The van der Waals surface area contributed by atoms with E-state index >= 15 is 0 Å². The number of benzene rings is 3. The van der Waals surface area contributed by atoms with Crippen LogP contribution in [0.2, 0.25) is 0 Å². The van der Waals surface area contributed by atoms with Crippen molar-refractivity contribution in [2.24, 2.45) is 11.3 Å². The fourth-order valence-electron chi connectivity index (χ4n) is 5.20.